The Hall–Kier alpha value is -1.06. The second-order valence-electron chi connectivity index (χ2n) is 10.1. The molecule has 0 aromatic heterocycles. The van der Waals surface area contributed by atoms with E-state index in [4.69, 9.17) is 0 Å². The van der Waals surface area contributed by atoms with Crippen LogP contribution >= 0.6 is 0 Å². The van der Waals surface area contributed by atoms with Crippen LogP contribution in [-0.2, 0) is 6.42 Å². The quantitative estimate of drug-likeness (QED) is 0.751. The summed E-state index contributed by atoms with van der Waals surface area (Å²) in [7, 11) is 4.32. The number of aromatic hydroxyl groups is 1. The average molecular weight is 371 g/mol. The second-order valence-corrected chi connectivity index (χ2v) is 10.1. The minimum absolute atomic E-state index is 0.424. The molecule has 0 heterocycles. The molecule has 1 unspecified atom stereocenters. The van der Waals surface area contributed by atoms with E-state index in [0.717, 1.165) is 30.1 Å². The third kappa shape index (κ3) is 3.21. The molecule has 4 rings (SSSR count). The Morgan fingerprint density at radius 3 is 2.67 bits per heavy atom. The van der Waals surface area contributed by atoms with E-state index in [0.29, 0.717) is 23.4 Å². The van der Waals surface area contributed by atoms with Crippen LogP contribution in [-0.4, -0.2) is 36.3 Å². The average Bonchev–Trinajstić information content (AvgIpc) is 2.98. The first-order valence-electron chi connectivity index (χ1n) is 11.1. The maximum absolute atomic E-state index is 9.87. The second kappa shape index (κ2) is 7.08. The van der Waals surface area contributed by atoms with E-state index in [-0.39, 0.29) is 0 Å². The molecular formula is C24H38N2O. The third-order valence-electron chi connectivity index (χ3n) is 8.67. The minimum Gasteiger partial charge on any atom is -0.508 e. The third-order valence-corrected chi connectivity index (χ3v) is 8.67. The van der Waals surface area contributed by atoms with Gasteiger partial charge >= 0.3 is 0 Å². The molecule has 0 radical (unpaired) electrons. The van der Waals surface area contributed by atoms with E-state index in [1.165, 1.54) is 37.7 Å². The summed E-state index contributed by atoms with van der Waals surface area (Å²) in [6.45, 7) is 7.30. The van der Waals surface area contributed by atoms with Crippen molar-refractivity contribution in [3.8, 4) is 5.75 Å². The summed E-state index contributed by atoms with van der Waals surface area (Å²) < 4.78 is 0. The molecule has 3 aliphatic rings. The number of aryl methyl sites for hydroxylation is 1. The molecular weight excluding hydrogens is 332 g/mol. The van der Waals surface area contributed by atoms with Crippen LogP contribution in [0.25, 0.3) is 0 Å². The number of benzene rings is 1. The zero-order valence-corrected chi connectivity index (χ0v) is 17.8. The van der Waals surface area contributed by atoms with Gasteiger partial charge < -0.3 is 5.11 Å². The zero-order valence-electron chi connectivity index (χ0n) is 17.8. The molecule has 0 saturated heterocycles. The molecule has 0 aliphatic heterocycles. The van der Waals surface area contributed by atoms with Gasteiger partial charge in [0.25, 0.3) is 0 Å². The highest BCUT2D eigenvalue weighted by molar-refractivity contribution is 5.40. The van der Waals surface area contributed by atoms with Gasteiger partial charge in [-0.05, 0) is 119 Å². The van der Waals surface area contributed by atoms with Crippen molar-refractivity contribution in [2.45, 2.75) is 77.4 Å². The molecule has 2 fully saturated rings. The van der Waals surface area contributed by atoms with Crippen LogP contribution in [0.15, 0.2) is 18.2 Å². The van der Waals surface area contributed by atoms with Crippen molar-refractivity contribution in [2.75, 3.05) is 14.1 Å². The van der Waals surface area contributed by atoms with Crippen LogP contribution in [0.1, 0.15) is 69.9 Å². The predicted octanol–water partition coefficient (Wildman–Crippen LogP) is 4.75. The molecule has 2 N–H and O–H groups in total. The molecule has 0 amide bonds. The van der Waals surface area contributed by atoms with E-state index < -0.39 is 0 Å². The Morgan fingerprint density at radius 1 is 1.15 bits per heavy atom. The van der Waals surface area contributed by atoms with Gasteiger partial charge in [-0.25, -0.2) is 0 Å². The van der Waals surface area contributed by atoms with Crippen molar-refractivity contribution >= 4 is 0 Å². The summed E-state index contributed by atoms with van der Waals surface area (Å²) in [6.07, 6.45) is 8.33. The Kier molecular flexibility index (Phi) is 5.05. The first kappa shape index (κ1) is 19.3. The van der Waals surface area contributed by atoms with Crippen LogP contribution in [0.5, 0.6) is 5.75 Å². The Bertz CT molecular complexity index is 687. The van der Waals surface area contributed by atoms with E-state index in [9.17, 15) is 5.11 Å². The fourth-order valence-corrected chi connectivity index (χ4v) is 7.08. The molecule has 0 bridgehead atoms. The monoisotopic (exact) mass is 370 g/mol. The van der Waals surface area contributed by atoms with Gasteiger partial charge in [0.1, 0.15) is 5.75 Å². The molecule has 3 aliphatic carbocycles. The maximum Gasteiger partial charge on any atom is 0.115 e. The van der Waals surface area contributed by atoms with Crippen LogP contribution in [0.4, 0.5) is 0 Å². The lowest BCUT2D eigenvalue weighted by Gasteiger charge is -2.52. The van der Waals surface area contributed by atoms with Crippen LogP contribution < -0.4 is 5.32 Å². The van der Waals surface area contributed by atoms with Gasteiger partial charge in [0.15, 0.2) is 0 Å². The number of fused-ring (bicyclic) bond motifs is 5. The molecule has 3 nitrogen and oxygen atoms in total. The van der Waals surface area contributed by atoms with Gasteiger partial charge in [0, 0.05) is 6.04 Å². The summed E-state index contributed by atoms with van der Waals surface area (Å²) in [5.74, 6) is 3.64. The van der Waals surface area contributed by atoms with Crippen molar-refractivity contribution in [1.29, 1.82) is 0 Å². The van der Waals surface area contributed by atoms with Gasteiger partial charge in [0.05, 0.1) is 6.17 Å². The molecule has 2 saturated carbocycles. The summed E-state index contributed by atoms with van der Waals surface area (Å²) in [5.41, 5.74) is 3.43. The van der Waals surface area contributed by atoms with Gasteiger partial charge in [-0.15, -0.1) is 0 Å². The number of phenols is 1. The van der Waals surface area contributed by atoms with Crippen LogP contribution in [0.2, 0.25) is 0 Å². The highest BCUT2D eigenvalue weighted by Gasteiger charge is 2.55. The number of nitrogens with zero attached hydrogens (tertiary/aromatic N) is 1. The molecule has 27 heavy (non-hydrogen) atoms. The van der Waals surface area contributed by atoms with Crippen molar-refractivity contribution in [2.24, 2.45) is 23.2 Å². The highest BCUT2D eigenvalue weighted by Crippen LogP contribution is 2.63. The Labute approximate surface area is 165 Å². The van der Waals surface area contributed by atoms with Gasteiger partial charge in [0.2, 0.25) is 0 Å². The SMILES string of the molecule is CC(N[C@H](C)[C@@H]1CC[C@@H]2[C@H]3CCc4cc(O)ccc4[C@@H]3CC[C@]21C)N(C)C. The van der Waals surface area contributed by atoms with Crippen LogP contribution in [0.3, 0.4) is 0 Å². The molecule has 7 atom stereocenters. The van der Waals surface area contributed by atoms with E-state index in [2.05, 4.69) is 51.1 Å². The van der Waals surface area contributed by atoms with E-state index in [1.807, 2.05) is 12.1 Å². The predicted molar refractivity (Wildman–Crippen MR) is 112 cm³/mol. The smallest absolute Gasteiger partial charge is 0.115 e. The zero-order chi connectivity index (χ0) is 19.3. The van der Waals surface area contributed by atoms with Crippen LogP contribution in [0, 0.1) is 23.2 Å². The number of phenolic OH excluding ortho intramolecular Hbond substituents is 1. The largest absolute Gasteiger partial charge is 0.508 e. The summed E-state index contributed by atoms with van der Waals surface area (Å²) in [5, 5.41) is 13.7. The minimum atomic E-state index is 0.424. The van der Waals surface area contributed by atoms with Crippen molar-refractivity contribution < 1.29 is 5.11 Å². The lowest BCUT2D eigenvalue weighted by Crippen LogP contribution is -2.51. The van der Waals surface area contributed by atoms with E-state index >= 15 is 0 Å². The number of hydrogen-bond donors (Lipinski definition) is 2. The van der Waals surface area contributed by atoms with Crippen molar-refractivity contribution in [3.05, 3.63) is 29.3 Å². The van der Waals surface area contributed by atoms with Gasteiger partial charge in [-0.2, -0.15) is 0 Å². The summed E-state index contributed by atoms with van der Waals surface area (Å²) >= 11 is 0. The van der Waals surface area contributed by atoms with Crippen molar-refractivity contribution in [1.82, 2.24) is 10.2 Å². The van der Waals surface area contributed by atoms with Gasteiger partial charge in [-0.1, -0.05) is 13.0 Å². The normalized spacial score (nSPS) is 37.4. The van der Waals surface area contributed by atoms with E-state index in [1.54, 1.807) is 5.56 Å². The standard InChI is InChI=1S/C24H38N2O/c1-15(25-16(2)26(4)5)22-10-11-23-21-8-6-17-14-18(27)7-9-19(17)20(21)12-13-24(22,23)3/h7,9,14-16,20-23,25,27H,6,8,10-13H2,1-5H3/t15-,16?,20+,21+,22+,23-,24+/m1/s1. The first-order valence-corrected chi connectivity index (χ1v) is 11.1. The molecule has 1 aromatic rings. The highest BCUT2D eigenvalue weighted by atomic mass is 16.3. The number of rotatable bonds is 4. The summed E-state index contributed by atoms with van der Waals surface area (Å²) in [4.78, 5) is 2.27. The molecule has 150 valence electrons. The first-order chi connectivity index (χ1) is 12.8. The van der Waals surface area contributed by atoms with Gasteiger partial charge in [-0.3, -0.25) is 10.2 Å². The summed E-state index contributed by atoms with van der Waals surface area (Å²) in [6, 6.07) is 6.72. The molecule has 3 heteroatoms. The number of hydrogen-bond acceptors (Lipinski definition) is 3. The fraction of sp³-hybridized carbons (Fsp3) is 0.750. The Morgan fingerprint density at radius 2 is 1.93 bits per heavy atom. The Balaban J connectivity index is 1.54. The fourth-order valence-electron chi connectivity index (χ4n) is 7.08. The maximum atomic E-state index is 9.87. The lowest BCUT2D eigenvalue weighted by molar-refractivity contribution is 0.0145. The lowest BCUT2D eigenvalue weighted by atomic mass is 9.53. The topological polar surface area (TPSA) is 35.5 Å². The number of nitrogens with one attached hydrogen (secondary N) is 1. The molecule has 1 aromatic carbocycles. The van der Waals surface area contributed by atoms with Crippen molar-refractivity contribution in [3.63, 3.8) is 0 Å². The molecule has 0 spiro atoms.